The van der Waals surface area contributed by atoms with Crippen molar-refractivity contribution in [1.82, 2.24) is 25.3 Å². The minimum atomic E-state index is -0.999. The molecule has 0 aromatic carbocycles. The van der Waals surface area contributed by atoms with Gasteiger partial charge in [0.1, 0.15) is 12.1 Å². The van der Waals surface area contributed by atoms with Crippen LogP contribution in [-0.4, -0.2) is 133 Å². The summed E-state index contributed by atoms with van der Waals surface area (Å²) in [5.41, 5.74) is 0.522. The number of likely N-dealkylation sites (N-methyl/N-ethyl adjacent to an activating group) is 2. The van der Waals surface area contributed by atoms with E-state index in [0.29, 0.717) is 25.0 Å². The van der Waals surface area contributed by atoms with Crippen molar-refractivity contribution in [3.8, 4) is 0 Å². The molecule has 1 aliphatic heterocycles. The largest absolute Gasteiger partial charge is 0.418 e. The molecule has 0 spiro atoms. The fourth-order valence-electron chi connectivity index (χ4n) is 7.89. The van der Waals surface area contributed by atoms with Gasteiger partial charge in [-0.05, 0) is 55.6 Å². The van der Waals surface area contributed by atoms with Crippen LogP contribution in [0.15, 0.2) is 49.3 Å². The Labute approximate surface area is 374 Å². The number of amides is 5. The maximum Gasteiger partial charge on any atom is 0.415 e. The predicted octanol–water partition coefficient (Wildman–Crippen LogP) is 7.03. The van der Waals surface area contributed by atoms with Crippen LogP contribution in [0.25, 0.3) is 0 Å². The summed E-state index contributed by atoms with van der Waals surface area (Å²) in [7, 11) is 6.22. The van der Waals surface area contributed by atoms with Gasteiger partial charge in [-0.2, -0.15) is 0 Å². The van der Waals surface area contributed by atoms with E-state index < -0.39 is 66.4 Å². The minimum absolute atomic E-state index is 0.0342. The number of hydrogen-bond donors (Lipinski definition) is 3. The number of carbonyl (C=O) groups is 5. The highest BCUT2D eigenvalue weighted by Crippen LogP contribution is 2.30. The second-order valence-corrected chi connectivity index (χ2v) is 17.2. The third-order valence-electron chi connectivity index (χ3n) is 11.5. The Morgan fingerprint density at radius 3 is 1.98 bits per heavy atom. The lowest BCUT2D eigenvalue weighted by Gasteiger charge is -2.41. The van der Waals surface area contributed by atoms with Crippen LogP contribution in [0.5, 0.6) is 0 Å². The maximum absolute atomic E-state index is 14.4. The van der Waals surface area contributed by atoms with Crippen LogP contribution >= 0.6 is 0 Å². The van der Waals surface area contributed by atoms with Crippen molar-refractivity contribution < 1.29 is 43.3 Å². The molecular weight excluding hydrogens is 791 g/mol. The lowest BCUT2D eigenvalue weighted by molar-refractivity contribution is -0.148. The van der Waals surface area contributed by atoms with Crippen LogP contribution in [0.3, 0.4) is 0 Å². The van der Waals surface area contributed by atoms with Crippen LogP contribution in [0.1, 0.15) is 121 Å². The van der Waals surface area contributed by atoms with E-state index in [1.54, 1.807) is 48.9 Å². The van der Waals surface area contributed by atoms with E-state index >= 15 is 0 Å². The summed E-state index contributed by atoms with van der Waals surface area (Å²) in [6.45, 7) is 28.9. The molecule has 10 atom stereocenters. The van der Waals surface area contributed by atoms with Gasteiger partial charge in [-0.1, -0.05) is 120 Å². The first-order valence-corrected chi connectivity index (χ1v) is 22.6. The Kier molecular flexibility index (Phi) is 28.2. The van der Waals surface area contributed by atoms with Gasteiger partial charge in [0.15, 0.2) is 0 Å². The van der Waals surface area contributed by atoms with E-state index in [9.17, 15) is 29.1 Å². The van der Waals surface area contributed by atoms with E-state index in [4.69, 9.17) is 14.2 Å². The zero-order valence-electron chi connectivity index (χ0n) is 40.9. The predicted molar refractivity (Wildman–Crippen MR) is 248 cm³/mol. The SMILES string of the molecule is C=C/C=C(\C=C)C(O)C(C)NC(=O)C(C)C(OC)C1CCCN1C(=O)CC(OC)C(C(C)CC)N(C)C(=O)[C@@H](NC(=O)C(C(C)C)N(C)C(=O)O/C=C/CCC)C(C)C.CCC. The summed E-state index contributed by atoms with van der Waals surface area (Å²) < 4.78 is 17.2. The minimum Gasteiger partial charge on any atom is -0.418 e. The number of carbonyl (C=O) groups excluding carboxylic acids is 5. The van der Waals surface area contributed by atoms with Crippen molar-refractivity contribution in [2.75, 3.05) is 34.9 Å². The van der Waals surface area contributed by atoms with Gasteiger partial charge in [0.2, 0.25) is 23.6 Å². The monoisotopic (exact) mass is 876 g/mol. The van der Waals surface area contributed by atoms with Crippen molar-refractivity contribution in [2.45, 2.75) is 170 Å². The third-order valence-corrected chi connectivity index (χ3v) is 11.5. The van der Waals surface area contributed by atoms with E-state index in [0.717, 1.165) is 19.3 Å². The van der Waals surface area contributed by atoms with E-state index in [-0.39, 0.29) is 41.9 Å². The lowest BCUT2D eigenvalue weighted by Crippen LogP contribution is -2.60. The zero-order chi connectivity index (χ0) is 47.9. The molecule has 14 nitrogen and oxygen atoms in total. The standard InChI is InChI=1S/C45H77N5O9.C3H8/c1-16-20-21-26-59-45(56)49(13)38(29(7)8)43(54)47-37(28(5)6)44(55)48(12)39(30(9)18-3)35(57-14)27-36(51)50-25-22-24-34(50)41(58-15)31(10)42(53)46-32(11)40(52)33(19-4)23-17-2;1-3-2/h17,19,21,23,26,28-32,34-35,37-41,52H,2,4,16,18,20,22,24-25,27H2,1,3,5-15H3,(H,46,53)(H,47,54);3H2,1-2H3/b26-21+,33-23+;/t30?,31?,32?,34?,35?,37-,38?,39?,40?,41?;/m0./s1. The van der Waals surface area contributed by atoms with Crippen LogP contribution < -0.4 is 10.6 Å². The van der Waals surface area contributed by atoms with Crippen molar-refractivity contribution >= 4 is 29.7 Å². The maximum atomic E-state index is 14.4. The number of nitrogens with one attached hydrogen (secondary N) is 2. The van der Waals surface area contributed by atoms with Gasteiger partial charge in [0.05, 0.1) is 55.0 Å². The van der Waals surface area contributed by atoms with E-state index in [1.165, 1.54) is 44.9 Å². The Bertz CT molecular complexity index is 1470. The van der Waals surface area contributed by atoms with E-state index in [1.807, 2.05) is 48.5 Å². The second kappa shape index (κ2) is 30.1. The number of aliphatic hydroxyl groups excluding tert-OH is 1. The molecule has 356 valence electrons. The van der Waals surface area contributed by atoms with Crippen molar-refractivity contribution in [3.63, 3.8) is 0 Å². The van der Waals surface area contributed by atoms with Gasteiger partial charge in [-0.3, -0.25) is 24.1 Å². The molecule has 0 aliphatic carbocycles. The highest BCUT2D eigenvalue weighted by Gasteiger charge is 2.43. The molecule has 62 heavy (non-hydrogen) atoms. The summed E-state index contributed by atoms with van der Waals surface area (Å²) in [6, 6.07) is -3.41. The number of allylic oxidation sites excluding steroid dienone is 3. The number of likely N-dealkylation sites (tertiary alicyclic amines) is 1. The molecule has 0 radical (unpaired) electrons. The Morgan fingerprint density at radius 2 is 1.50 bits per heavy atom. The van der Waals surface area contributed by atoms with Crippen molar-refractivity contribution in [1.29, 1.82) is 0 Å². The van der Waals surface area contributed by atoms with Crippen molar-refractivity contribution in [2.24, 2.45) is 23.7 Å². The van der Waals surface area contributed by atoms with Crippen LogP contribution in [0, 0.1) is 23.7 Å². The molecule has 1 rings (SSSR count). The smallest absolute Gasteiger partial charge is 0.415 e. The number of nitrogens with zero attached hydrogens (tertiary/aromatic N) is 3. The average Bonchev–Trinajstić information content (AvgIpc) is 3.72. The summed E-state index contributed by atoms with van der Waals surface area (Å²) in [4.78, 5) is 73.5. The second-order valence-electron chi connectivity index (χ2n) is 17.2. The average molecular weight is 876 g/mol. The lowest BCUT2D eigenvalue weighted by atomic mass is 9.89. The third kappa shape index (κ3) is 17.3. The molecule has 0 aromatic rings. The molecule has 14 heteroatoms. The van der Waals surface area contributed by atoms with Gasteiger partial charge in [-0.15, -0.1) is 0 Å². The zero-order valence-corrected chi connectivity index (χ0v) is 40.9. The highest BCUT2D eigenvalue weighted by molar-refractivity contribution is 5.92. The molecule has 0 aromatic heterocycles. The molecule has 1 fully saturated rings. The van der Waals surface area contributed by atoms with Crippen molar-refractivity contribution in [3.05, 3.63) is 49.3 Å². The topological polar surface area (TPSA) is 167 Å². The molecule has 3 N–H and O–H groups in total. The molecule has 5 amide bonds. The number of unbranched alkanes of at least 4 members (excludes halogenated alkanes) is 1. The Morgan fingerprint density at radius 1 is 0.887 bits per heavy atom. The fourth-order valence-corrected chi connectivity index (χ4v) is 7.89. The van der Waals surface area contributed by atoms with Gasteiger partial charge < -0.3 is 39.8 Å². The summed E-state index contributed by atoms with van der Waals surface area (Å²) in [5, 5.41) is 16.6. The van der Waals surface area contributed by atoms with E-state index in [2.05, 4.69) is 37.6 Å². The normalized spacial score (nSPS) is 18.6. The first-order valence-electron chi connectivity index (χ1n) is 22.6. The van der Waals surface area contributed by atoms with Gasteiger partial charge in [-0.25, -0.2) is 4.79 Å². The summed E-state index contributed by atoms with van der Waals surface area (Å²) >= 11 is 0. The first kappa shape index (κ1) is 58.0. The van der Waals surface area contributed by atoms with Crippen LogP contribution in [0.2, 0.25) is 0 Å². The van der Waals surface area contributed by atoms with Gasteiger partial charge >= 0.3 is 6.09 Å². The van der Waals surface area contributed by atoms with Crippen LogP contribution in [-0.2, 0) is 33.4 Å². The molecule has 0 saturated carbocycles. The van der Waals surface area contributed by atoms with Crippen LogP contribution in [0.4, 0.5) is 4.79 Å². The van der Waals surface area contributed by atoms with Gasteiger partial charge in [0, 0.05) is 34.9 Å². The molecule has 1 saturated heterocycles. The quantitative estimate of drug-likeness (QED) is 0.0645. The Hall–Kier alpha value is -4.01. The number of hydrogen-bond acceptors (Lipinski definition) is 9. The number of rotatable bonds is 25. The molecule has 1 aliphatic rings. The summed E-state index contributed by atoms with van der Waals surface area (Å²) in [6.07, 6.45) is 9.64. The molecular formula is C48H85N5O9. The highest BCUT2D eigenvalue weighted by atomic mass is 16.5. The molecule has 9 unspecified atom stereocenters. The number of aliphatic hydroxyl groups is 1. The number of ether oxygens (including phenoxy) is 3. The van der Waals surface area contributed by atoms with Gasteiger partial charge in [0.25, 0.3) is 0 Å². The summed E-state index contributed by atoms with van der Waals surface area (Å²) in [5.74, 6) is -2.71. The molecule has 1 heterocycles. The number of methoxy groups -OCH3 is 2. The Balaban J connectivity index is 0.0000120. The first-order chi connectivity index (χ1) is 29.2. The molecule has 0 bridgehead atoms. The fraction of sp³-hybridized carbons (Fsp3) is 0.729.